The van der Waals surface area contributed by atoms with Gasteiger partial charge in [-0.1, -0.05) is 36.4 Å². The van der Waals surface area contributed by atoms with Crippen LogP contribution in [0.15, 0.2) is 59.3 Å². The molecule has 1 aromatic heterocycles. The Morgan fingerprint density at radius 3 is 2.89 bits per heavy atom. The lowest BCUT2D eigenvalue weighted by atomic mass is 10.0. The average Bonchev–Trinajstić information content (AvgIpc) is 2.39. The van der Waals surface area contributed by atoms with E-state index >= 15 is 0 Å². The third-order valence-corrected chi connectivity index (χ3v) is 2.24. The molecule has 90 valence electrons. The molecule has 5 heteroatoms. The van der Waals surface area contributed by atoms with Crippen LogP contribution in [-0.2, 0) is 6.42 Å². The SMILES string of the molecule is O=C1C=CCc2cccccccnnnoc21. The van der Waals surface area contributed by atoms with Crippen molar-refractivity contribution in [2.75, 3.05) is 0 Å². The zero-order valence-electron chi connectivity index (χ0n) is 9.56. The summed E-state index contributed by atoms with van der Waals surface area (Å²) in [6, 6.07) is 10.9. The van der Waals surface area contributed by atoms with Gasteiger partial charge < -0.3 is 4.52 Å². The highest BCUT2D eigenvalue weighted by atomic mass is 16.5. The summed E-state index contributed by atoms with van der Waals surface area (Å²) in [6.07, 6.45) is 5.34. The van der Waals surface area contributed by atoms with Gasteiger partial charge in [-0.3, -0.25) is 4.79 Å². The predicted molar refractivity (Wildman–Crippen MR) is 64.5 cm³/mol. The maximum atomic E-state index is 11.6. The molecule has 0 saturated heterocycles. The molecule has 0 atom stereocenters. The fourth-order valence-electron chi connectivity index (χ4n) is 1.43. The Morgan fingerprint density at radius 2 is 1.94 bits per heavy atom. The molecule has 0 saturated carbocycles. The quantitative estimate of drug-likeness (QED) is 0.695. The highest BCUT2D eigenvalue weighted by molar-refractivity contribution is 6.04. The monoisotopic (exact) mass is 241 g/mol. The lowest BCUT2D eigenvalue weighted by Gasteiger charge is -2.02. The van der Waals surface area contributed by atoms with Crippen LogP contribution in [0.3, 0.4) is 0 Å². The van der Waals surface area contributed by atoms with Crippen molar-refractivity contribution in [3.63, 3.8) is 0 Å². The second kappa shape index (κ2) is 6.24. The van der Waals surface area contributed by atoms with Gasteiger partial charge in [0.25, 0.3) is 0 Å². The zero-order valence-corrected chi connectivity index (χ0v) is 9.56. The van der Waals surface area contributed by atoms with Crippen molar-refractivity contribution < 1.29 is 9.32 Å². The second-order valence-corrected chi connectivity index (χ2v) is 3.48. The van der Waals surface area contributed by atoms with Crippen molar-refractivity contribution in [3.05, 3.63) is 66.1 Å². The molecule has 0 aromatic carbocycles. The fourth-order valence-corrected chi connectivity index (χ4v) is 1.43. The fraction of sp³-hybridized carbons (Fsp3) is 0.0769. The molecule has 1 heterocycles. The number of fused-ring (bicyclic) bond motifs is 1. The number of hydrogen-bond acceptors (Lipinski definition) is 5. The molecule has 0 bridgehead atoms. The Balaban J connectivity index is 2.60. The number of ketones is 1. The number of carbonyl (C=O) groups excluding carboxylic acids is 1. The molecule has 0 radical (unpaired) electrons. The topological polar surface area (TPSA) is 68.9 Å². The van der Waals surface area contributed by atoms with Crippen molar-refractivity contribution in [2.45, 2.75) is 6.42 Å². The van der Waals surface area contributed by atoms with Crippen LogP contribution in [0.5, 0.6) is 0 Å². The van der Waals surface area contributed by atoms with Crippen LogP contribution in [0.2, 0.25) is 0 Å². The standard InChI is InChI=1S/C13H11N3O2/c17-12-9-6-8-11-7-4-2-1-3-5-10-14-15-16-18-13(11)12/h1-7,9-10H,8H2. The minimum Gasteiger partial charge on any atom is -0.334 e. The summed E-state index contributed by atoms with van der Waals surface area (Å²) in [4.78, 5) is 11.6. The summed E-state index contributed by atoms with van der Waals surface area (Å²) in [6.45, 7) is 0. The van der Waals surface area contributed by atoms with Gasteiger partial charge in [0.2, 0.25) is 11.5 Å². The lowest BCUT2D eigenvalue weighted by molar-refractivity contribution is 0.0997. The number of hydrogen-bond donors (Lipinski definition) is 0. The molecule has 18 heavy (non-hydrogen) atoms. The van der Waals surface area contributed by atoms with E-state index in [-0.39, 0.29) is 11.5 Å². The van der Waals surface area contributed by atoms with Crippen molar-refractivity contribution in [2.24, 2.45) is 0 Å². The molecule has 0 spiro atoms. The van der Waals surface area contributed by atoms with Gasteiger partial charge in [-0.05, 0) is 23.8 Å². The highest BCUT2D eigenvalue weighted by Crippen LogP contribution is 2.12. The molecule has 1 aromatic rings. The van der Waals surface area contributed by atoms with Gasteiger partial charge in [-0.15, -0.1) is 5.10 Å². The zero-order chi connectivity index (χ0) is 12.6. The number of allylic oxidation sites excluding steroid dienone is 2. The van der Waals surface area contributed by atoms with Gasteiger partial charge in [0.05, 0.1) is 11.5 Å². The minimum absolute atomic E-state index is 0.188. The first kappa shape index (κ1) is 11.9. The summed E-state index contributed by atoms with van der Waals surface area (Å²) in [5.41, 5.74) is 0.762. The molecule has 0 unspecified atom stereocenters. The van der Waals surface area contributed by atoms with E-state index in [1.54, 1.807) is 12.1 Å². The molecule has 5 nitrogen and oxygen atoms in total. The number of carbonyl (C=O) groups is 1. The van der Waals surface area contributed by atoms with E-state index in [0.717, 1.165) is 5.56 Å². The Kier molecular flexibility index (Phi) is 4.13. The number of rotatable bonds is 0. The first-order valence-electron chi connectivity index (χ1n) is 5.42. The van der Waals surface area contributed by atoms with E-state index in [4.69, 9.17) is 4.52 Å². The second-order valence-electron chi connectivity index (χ2n) is 3.48. The van der Waals surface area contributed by atoms with E-state index in [1.165, 1.54) is 12.3 Å². The van der Waals surface area contributed by atoms with Gasteiger partial charge in [-0.25, -0.2) is 0 Å². The number of aromatic nitrogens is 3. The van der Waals surface area contributed by atoms with Crippen LogP contribution in [-0.4, -0.2) is 21.4 Å². The van der Waals surface area contributed by atoms with E-state index in [1.807, 2.05) is 30.3 Å². The molecular weight excluding hydrogens is 230 g/mol. The van der Waals surface area contributed by atoms with Gasteiger partial charge in [0, 0.05) is 5.56 Å². The molecule has 1 aliphatic rings. The molecule has 2 rings (SSSR count). The minimum atomic E-state index is -0.221. The first-order valence-corrected chi connectivity index (χ1v) is 5.42. The molecule has 1 aliphatic carbocycles. The summed E-state index contributed by atoms with van der Waals surface area (Å²) in [5, 5.41) is 10.4. The number of nitrogens with zero attached hydrogens (tertiary/aromatic N) is 3. The molecule has 0 N–H and O–H groups in total. The van der Waals surface area contributed by atoms with Crippen molar-refractivity contribution in [3.8, 4) is 0 Å². The van der Waals surface area contributed by atoms with Gasteiger partial charge in [-0.2, -0.15) is 0 Å². The van der Waals surface area contributed by atoms with E-state index < -0.39 is 0 Å². The first-order chi connectivity index (χ1) is 8.88. The van der Waals surface area contributed by atoms with Crippen LogP contribution >= 0.6 is 0 Å². The summed E-state index contributed by atoms with van der Waals surface area (Å²) >= 11 is 0. The summed E-state index contributed by atoms with van der Waals surface area (Å²) in [5.74, 6) is -0.0332. The Bertz CT molecular complexity index is 576. The highest BCUT2D eigenvalue weighted by Gasteiger charge is 2.13. The maximum absolute atomic E-state index is 11.6. The third kappa shape index (κ3) is 3.21. The summed E-state index contributed by atoms with van der Waals surface area (Å²) < 4.78 is 5.00. The van der Waals surface area contributed by atoms with Crippen molar-refractivity contribution >= 4 is 5.78 Å². The molecule has 0 fully saturated rings. The molecular formula is C13H11N3O2. The molecule has 0 amide bonds. The lowest BCUT2D eigenvalue weighted by Crippen LogP contribution is -2.04. The predicted octanol–water partition coefficient (Wildman–Crippen LogP) is 2.01. The van der Waals surface area contributed by atoms with Gasteiger partial charge >= 0.3 is 0 Å². The Hall–Kier alpha value is -2.56. The summed E-state index contributed by atoms with van der Waals surface area (Å²) in [7, 11) is 0. The normalized spacial score (nSPS) is 12.1. The Labute approximate surface area is 104 Å². The van der Waals surface area contributed by atoms with E-state index in [2.05, 4.69) is 15.6 Å². The Morgan fingerprint density at radius 1 is 1.11 bits per heavy atom. The van der Waals surface area contributed by atoms with E-state index in [9.17, 15) is 4.79 Å². The van der Waals surface area contributed by atoms with E-state index in [0.29, 0.717) is 6.42 Å². The van der Waals surface area contributed by atoms with Crippen LogP contribution < -0.4 is 0 Å². The van der Waals surface area contributed by atoms with Crippen LogP contribution in [0.25, 0.3) is 0 Å². The van der Waals surface area contributed by atoms with Crippen molar-refractivity contribution in [1.29, 1.82) is 0 Å². The van der Waals surface area contributed by atoms with Gasteiger partial charge in [0.1, 0.15) is 0 Å². The van der Waals surface area contributed by atoms with Gasteiger partial charge in [0.15, 0.2) is 0 Å². The van der Waals surface area contributed by atoms with Crippen LogP contribution in [0.4, 0.5) is 0 Å². The van der Waals surface area contributed by atoms with Crippen molar-refractivity contribution in [1.82, 2.24) is 15.6 Å². The maximum Gasteiger partial charge on any atom is 0.223 e. The molecule has 0 aliphatic heterocycles. The largest absolute Gasteiger partial charge is 0.334 e. The average molecular weight is 241 g/mol. The smallest absolute Gasteiger partial charge is 0.223 e. The van der Waals surface area contributed by atoms with Crippen LogP contribution in [0, 0.1) is 0 Å². The van der Waals surface area contributed by atoms with Crippen LogP contribution in [0.1, 0.15) is 16.1 Å². The third-order valence-electron chi connectivity index (χ3n) is 2.24.